The maximum atomic E-state index is 12.3. The summed E-state index contributed by atoms with van der Waals surface area (Å²) in [4.78, 5) is 20.8. The van der Waals surface area contributed by atoms with E-state index in [9.17, 15) is 9.00 Å². The zero-order valence-electron chi connectivity index (χ0n) is 17.3. The molecule has 0 aromatic heterocycles. The summed E-state index contributed by atoms with van der Waals surface area (Å²) in [6.07, 6.45) is -0.259. The minimum absolute atomic E-state index is 0. The van der Waals surface area contributed by atoms with Crippen LogP contribution in [0.4, 0.5) is 4.79 Å². The molecule has 0 saturated carbocycles. The third-order valence-corrected chi connectivity index (χ3v) is 5.96. The number of nitrogens with one attached hydrogen (secondary N) is 1. The smallest absolute Gasteiger partial charge is 0.410 e. The highest BCUT2D eigenvalue weighted by molar-refractivity contribution is 14.0. The SMILES string of the molecule is CC(C)(C)OC(=O)N1CCN2C(NCCS(=O)Cc3ccccc3)=NCC2C1.I. The number of piperazine rings is 1. The van der Waals surface area contributed by atoms with E-state index in [0.29, 0.717) is 37.7 Å². The predicted molar refractivity (Wildman–Crippen MR) is 127 cm³/mol. The van der Waals surface area contributed by atoms with E-state index in [-0.39, 0.29) is 36.1 Å². The second kappa shape index (κ2) is 10.6. The lowest BCUT2D eigenvalue weighted by atomic mass is 10.2. The Balaban J connectivity index is 0.00000300. The van der Waals surface area contributed by atoms with Crippen LogP contribution in [0.5, 0.6) is 0 Å². The number of ether oxygens (including phenoxy) is 1. The van der Waals surface area contributed by atoms with Crippen molar-refractivity contribution in [2.75, 3.05) is 38.5 Å². The number of halogens is 1. The summed E-state index contributed by atoms with van der Waals surface area (Å²) in [6.45, 7) is 8.88. The highest BCUT2D eigenvalue weighted by atomic mass is 127. The second-order valence-electron chi connectivity index (χ2n) is 8.14. The molecule has 0 aliphatic carbocycles. The van der Waals surface area contributed by atoms with Crippen molar-refractivity contribution in [3.63, 3.8) is 0 Å². The summed E-state index contributed by atoms with van der Waals surface area (Å²) in [5.41, 5.74) is 0.611. The average Bonchev–Trinajstić information content (AvgIpc) is 3.03. The number of carbonyl (C=O) groups excluding carboxylic acids is 1. The van der Waals surface area contributed by atoms with Gasteiger partial charge in [-0.2, -0.15) is 0 Å². The number of amides is 1. The molecule has 1 aromatic carbocycles. The standard InChI is InChI=1S/C20H30N4O3S.HI/c1-20(2,3)27-19(25)23-10-11-24-17(14-23)13-22-18(24)21-9-12-28(26)15-16-7-5-4-6-8-16;/h4-8,17H,9-15H2,1-3H3,(H,21,22);1H. The molecular formula is C20H31IN4O3S. The maximum absolute atomic E-state index is 12.3. The third kappa shape index (κ3) is 7.13. The van der Waals surface area contributed by atoms with Gasteiger partial charge in [-0.15, -0.1) is 24.0 Å². The largest absolute Gasteiger partial charge is 0.444 e. The Hall–Kier alpha value is -1.36. The van der Waals surface area contributed by atoms with E-state index in [0.717, 1.165) is 18.1 Å². The predicted octanol–water partition coefficient (Wildman–Crippen LogP) is 2.43. The van der Waals surface area contributed by atoms with Gasteiger partial charge in [0.25, 0.3) is 0 Å². The van der Waals surface area contributed by atoms with Crippen LogP contribution in [0.3, 0.4) is 0 Å². The normalized spacial score (nSPS) is 19.7. The van der Waals surface area contributed by atoms with Gasteiger partial charge in [0, 0.05) is 48.5 Å². The van der Waals surface area contributed by atoms with Gasteiger partial charge in [-0.05, 0) is 26.3 Å². The first kappa shape index (κ1) is 23.9. The lowest BCUT2D eigenvalue weighted by Crippen LogP contribution is -2.57. The summed E-state index contributed by atoms with van der Waals surface area (Å²) in [6, 6.07) is 10.1. The molecule has 0 radical (unpaired) electrons. The second-order valence-corrected chi connectivity index (χ2v) is 9.72. The third-order valence-electron chi connectivity index (χ3n) is 4.64. The van der Waals surface area contributed by atoms with E-state index in [1.807, 2.05) is 51.1 Å². The zero-order valence-corrected chi connectivity index (χ0v) is 20.4. The van der Waals surface area contributed by atoms with Gasteiger partial charge in [0.15, 0.2) is 5.96 Å². The van der Waals surface area contributed by atoms with Crippen molar-refractivity contribution < 1.29 is 13.7 Å². The summed E-state index contributed by atoms with van der Waals surface area (Å²) < 4.78 is 17.7. The van der Waals surface area contributed by atoms with E-state index in [2.05, 4.69) is 15.2 Å². The minimum Gasteiger partial charge on any atom is -0.444 e. The number of fused-ring (bicyclic) bond motifs is 1. The number of hydrogen-bond donors (Lipinski definition) is 1. The molecular weight excluding hydrogens is 503 g/mol. The zero-order chi connectivity index (χ0) is 20.1. The van der Waals surface area contributed by atoms with Crippen LogP contribution in [0.2, 0.25) is 0 Å². The molecule has 0 bridgehead atoms. The Kier molecular flexibility index (Phi) is 8.74. The molecule has 2 aliphatic heterocycles. The Morgan fingerprint density at radius 1 is 1.28 bits per heavy atom. The number of guanidine groups is 1. The molecule has 9 heteroatoms. The van der Waals surface area contributed by atoms with Crippen LogP contribution < -0.4 is 5.32 Å². The van der Waals surface area contributed by atoms with Crippen LogP contribution >= 0.6 is 24.0 Å². The topological polar surface area (TPSA) is 74.2 Å². The molecule has 2 heterocycles. The van der Waals surface area contributed by atoms with Crippen molar-refractivity contribution in [3.8, 4) is 0 Å². The van der Waals surface area contributed by atoms with Gasteiger partial charge in [0.05, 0.1) is 12.6 Å². The van der Waals surface area contributed by atoms with Gasteiger partial charge < -0.3 is 19.9 Å². The van der Waals surface area contributed by atoms with Crippen LogP contribution in [-0.2, 0) is 21.3 Å². The Morgan fingerprint density at radius 2 is 2.00 bits per heavy atom. The average molecular weight is 534 g/mol. The molecule has 29 heavy (non-hydrogen) atoms. The van der Waals surface area contributed by atoms with Gasteiger partial charge in [-0.1, -0.05) is 30.3 Å². The molecule has 162 valence electrons. The van der Waals surface area contributed by atoms with Crippen LogP contribution in [0.15, 0.2) is 35.3 Å². The van der Waals surface area contributed by atoms with Crippen molar-refractivity contribution in [1.29, 1.82) is 0 Å². The summed E-state index contributed by atoms with van der Waals surface area (Å²) in [5.74, 6) is 2.01. The van der Waals surface area contributed by atoms with E-state index < -0.39 is 16.4 Å². The summed E-state index contributed by atoms with van der Waals surface area (Å²) >= 11 is 0. The molecule has 0 spiro atoms. The van der Waals surface area contributed by atoms with Crippen molar-refractivity contribution in [2.24, 2.45) is 4.99 Å². The van der Waals surface area contributed by atoms with Gasteiger partial charge >= 0.3 is 6.09 Å². The first-order chi connectivity index (χ1) is 13.3. The number of aliphatic imine (C=N–C) groups is 1. The van der Waals surface area contributed by atoms with Crippen LogP contribution in [-0.4, -0.2) is 76.2 Å². The lowest BCUT2D eigenvalue weighted by molar-refractivity contribution is 0.0137. The molecule has 2 atom stereocenters. The summed E-state index contributed by atoms with van der Waals surface area (Å²) in [5, 5.41) is 3.33. The molecule has 3 rings (SSSR count). The first-order valence-electron chi connectivity index (χ1n) is 9.73. The minimum atomic E-state index is -0.908. The highest BCUT2D eigenvalue weighted by Gasteiger charge is 2.36. The van der Waals surface area contributed by atoms with Crippen LogP contribution in [0.25, 0.3) is 0 Å². The van der Waals surface area contributed by atoms with Crippen molar-refractivity contribution in [3.05, 3.63) is 35.9 Å². The molecule has 7 nitrogen and oxygen atoms in total. The fourth-order valence-corrected chi connectivity index (χ4v) is 4.37. The van der Waals surface area contributed by atoms with Gasteiger partial charge in [-0.3, -0.25) is 9.20 Å². The molecule has 1 N–H and O–H groups in total. The van der Waals surface area contributed by atoms with E-state index >= 15 is 0 Å². The molecule has 1 saturated heterocycles. The Bertz CT molecular complexity index is 739. The number of carbonyl (C=O) groups is 1. The molecule has 2 aliphatic rings. The van der Waals surface area contributed by atoms with Crippen molar-refractivity contribution in [1.82, 2.24) is 15.1 Å². The molecule has 1 amide bonds. The van der Waals surface area contributed by atoms with Crippen LogP contribution in [0, 0.1) is 0 Å². The van der Waals surface area contributed by atoms with Gasteiger partial charge in [0.2, 0.25) is 0 Å². The molecule has 1 fully saturated rings. The van der Waals surface area contributed by atoms with E-state index in [4.69, 9.17) is 4.74 Å². The maximum Gasteiger partial charge on any atom is 0.410 e. The molecule has 1 aromatic rings. The van der Waals surface area contributed by atoms with E-state index in [1.54, 1.807) is 4.90 Å². The van der Waals surface area contributed by atoms with Gasteiger partial charge in [0.1, 0.15) is 5.60 Å². The highest BCUT2D eigenvalue weighted by Crippen LogP contribution is 2.18. The van der Waals surface area contributed by atoms with Gasteiger partial charge in [-0.25, -0.2) is 4.79 Å². The Labute approximate surface area is 192 Å². The van der Waals surface area contributed by atoms with Crippen molar-refractivity contribution in [2.45, 2.75) is 38.2 Å². The monoisotopic (exact) mass is 534 g/mol. The first-order valence-corrected chi connectivity index (χ1v) is 11.2. The fourth-order valence-electron chi connectivity index (χ4n) is 3.33. The number of nitrogens with zero attached hydrogens (tertiary/aromatic N) is 3. The van der Waals surface area contributed by atoms with Crippen molar-refractivity contribution >= 4 is 46.8 Å². The number of hydrogen-bond acceptors (Lipinski definition) is 6. The summed E-state index contributed by atoms with van der Waals surface area (Å²) in [7, 11) is -0.908. The lowest BCUT2D eigenvalue weighted by Gasteiger charge is -2.39. The number of benzene rings is 1. The van der Waals surface area contributed by atoms with E-state index in [1.165, 1.54) is 0 Å². The number of rotatable bonds is 5. The molecule has 2 unspecified atom stereocenters. The quantitative estimate of drug-likeness (QED) is 0.588. The fraction of sp³-hybridized carbons (Fsp3) is 0.600. The van der Waals surface area contributed by atoms with Crippen LogP contribution in [0.1, 0.15) is 26.3 Å². The Morgan fingerprint density at radius 3 is 2.69 bits per heavy atom.